The Morgan fingerprint density at radius 1 is 1.10 bits per heavy atom. The second-order valence-electron chi connectivity index (χ2n) is 7.00. The molecule has 0 bridgehead atoms. The van der Waals surface area contributed by atoms with Gasteiger partial charge >= 0.3 is 5.69 Å². The van der Waals surface area contributed by atoms with Crippen molar-refractivity contribution in [3.05, 3.63) is 98.0 Å². The van der Waals surface area contributed by atoms with Crippen LogP contribution < -0.4 is 16.6 Å². The Kier molecular flexibility index (Phi) is 5.64. The number of hydrogen-bond donors (Lipinski definition) is 1. The Labute approximate surface area is 181 Å². The van der Waals surface area contributed by atoms with E-state index in [2.05, 4.69) is 15.3 Å². The fourth-order valence-corrected chi connectivity index (χ4v) is 3.44. The SMILES string of the molecule is Cc1ccc(Cl)cc1NC(=O)Cn1c(=O)n(Cc2cccnc2)c(=O)c2ncccc21. The molecule has 9 heteroatoms. The first-order valence-electron chi connectivity index (χ1n) is 9.47. The maximum Gasteiger partial charge on any atom is 0.332 e. The van der Waals surface area contributed by atoms with Crippen LogP contribution in [0.4, 0.5) is 5.69 Å². The molecule has 8 nitrogen and oxygen atoms in total. The van der Waals surface area contributed by atoms with Gasteiger partial charge in [-0.15, -0.1) is 0 Å². The van der Waals surface area contributed by atoms with E-state index in [0.29, 0.717) is 16.3 Å². The number of amides is 1. The van der Waals surface area contributed by atoms with Crippen molar-refractivity contribution in [2.24, 2.45) is 0 Å². The van der Waals surface area contributed by atoms with E-state index < -0.39 is 17.2 Å². The number of carbonyl (C=O) groups is 1. The number of halogens is 1. The molecule has 1 aromatic carbocycles. The number of carbonyl (C=O) groups excluding carboxylic acids is 1. The van der Waals surface area contributed by atoms with E-state index in [9.17, 15) is 14.4 Å². The third-order valence-electron chi connectivity index (χ3n) is 4.83. The standard InChI is InChI=1S/C22H18ClN5O3/c1-14-6-7-16(23)10-17(14)26-19(29)13-27-18-5-3-9-25-20(18)21(30)28(22(27)31)12-15-4-2-8-24-11-15/h2-11H,12-13H2,1H3,(H,26,29). The van der Waals surface area contributed by atoms with Crippen LogP contribution in [0.3, 0.4) is 0 Å². The molecule has 0 spiro atoms. The molecule has 4 rings (SSSR count). The van der Waals surface area contributed by atoms with Crippen LogP contribution in [0.25, 0.3) is 11.0 Å². The molecule has 0 aliphatic heterocycles. The Bertz CT molecular complexity index is 1400. The van der Waals surface area contributed by atoms with E-state index >= 15 is 0 Å². The molecule has 0 saturated heterocycles. The summed E-state index contributed by atoms with van der Waals surface area (Å²) in [5, 5.41) is 3.26. The van der Waals surface area contributed by atoms with Crippen molar-refractivity contribution < 1.29 is 4.79 Å². The van der Waals surface area contributed by atoms with E-state index in [1.807, 2.05) is 6.92 Å². The largest absolute Gasteiger partial charge is 0.332 e. The van der Waals surface area contributed by atoms with E-state index in [4.69, 9.17) is 11.6 Å². The van der Waals surface area contributed by atoms with Crippen molar-refractivity contribution in [2.45, 2.75) is 20.0 Å². The molecule has 31 heavy (non-hydrogen) atoms. The van der Waals surface area contributed by atoms with Crippen molar-refractivity contribution in [3.63, 3.8) is 0 Å². The van der Waals surface area contributed by atoms with Crippen molar-refractivity contribution in [1.82, 2.24) is 19.1 Å². The van der Waals surface area contributed by atoms with Crippen molar-refractivity contribution in [2.75, 3.05) is 5.32 Å². The van der Waals surface area contributed by atoms with Gasteiger partial charge in [0, 0.05) is 29.3 Å². The number of anilines is 1. The maximum absolute atomic E-state index is 13.2. The second kappa shape index (κ2) is 8.53. The zero-order valence-corrected chi connectivity index (χ0v) is 17.3. The number of nitrogens with zero attached hydrogens (tertiary/aromatic N) is 4. The average molecular weight is 436 g/mol. The van der Waals surface area contributed by atoms with Crippen molar-refractivity contribution >= 4 is 34.2 Å². The fourth-order valence-electron chi connectivity index (χ4n) is 3.27. The zero-order valence-electron chi connectivity index (χ0n) is 16.6. The summed E-state index contributed by atoms with van der Waals surface area (Å²) in [5.74, 6) is -0.427. The average Bonchev–Trinajstić information content (AvgIpc) is 2.77. The quantitative estimate of drug-likeness (QED) is 0.519. The number of hydrogen-bond acceptors (Lipinski definition) is 5. The number of rotatable bonds is 5. The van der Waals surface area contributed by atoms with E-state index in [1.54, 1.807) is 54.9 Å². The number of fused-ring (bicyclic) bond motifs is 1. The van der Waals surface area contributed by atoms with Gasteiger partial charge < -0.3 is 5.32 Å². The summed E-state index contributed by atoms with van der Waals surface area (Å²) in [4.78, 5) is 47.0. The highest BCUT2D eigenvalue weighted by Gasteiger charge is 2.17. The molecule has 156 valence electrons. The number of benzene rings is 1. The normalized spacial score (nSPS) is 10.9. The highest BCUT2D eigenvalue weighted by Crippen LogP contribution is 2.20. The summed E-state index contributed by atoms with van der Waals surface area (Å²) in [6.45, 7) is 1.57. The topological polar surface area (TPSA) is 98.9 Å². The minimum atomic E-state index is -0.604. The van der Waals surface area contributed by atoms with Crippen LogP contribution in [0, 0.1) is 6.92 Å². The van der Waals surface area contributed by atoms with Gasteiger partial charge in [-0.3, -0.25) is 23.7 Å². The van der Waals surface area contributed by atoms with E-state index in [0.717, 1.165) is 10.1 Å². The minimum absolute atomic E-state index is 0.0209. The van der Waals surface area contributed by atoms with Crippen LogP contribution in [0.5, 0.6) is 0 Å². The molecule has 0 unspecified atom stereocenters. The summed E-state index contributed by atoms with van der Waals surface area (Å²) in [6, 6.07) is 11.8. The third kappa shape index (κ3) is 4.24. The lowest BCUT2D eigenvalue weighted by atomic mass is 10.2. The zero-order chi connectivity index (χ0) is 22.0. The lowest BCUT2D eigenvalue weighted by molar-refractivity contribution is -0.116. The van der Waals surface area contributed by atoms with Gasteiger partial charge in [-0.1, -0.05) is 23.7 Å². The Morgan fingerprint density at radius 2 is 1.90 bits per heavy atom. The molecule has 0 saturated carbocycles. The molecule has 3 aromatic heterocycles. The van der Waals surface area contributed by atoms with Crippen LogP contribution in [-0.4, -0.2) is 25.0 Å². The van der Waals surface area contributed by atoms with Crippen molar-refractivity contribution in [3.8, 4) is 0 Å². The smallest absolute Gasteiger partial charge is 0.324 e. The molecular formula is C22H18ClN5O3. The molecule has 1 N–H and O–H groups in total. The van der Waals surface area contributed by atoms with Crippen LogP contribution in [0.15, 0.2) is 70.6 Å². The lowest BCUT2D eigenvalue weighted by Crippen LogP contribution is -2.42. The first kappa shape index (κ1) is 20.5. The first-order chi connectivity index (χ1) is 14.9. The first-order valence-corrected chi connectivity index (χ1v) is 9.85. The fraction of sp³-hybridized carbons (Fsp3) is 0.136. The van der Waals surface area contributed by atoms with E-state index in [1.165, 1.54) is 10.8 Å². The van der Waals surface area contributed by atoms with E-state index in [-0.39, 0.29) is 24.1 Å². The molecular weight excluding hydrogens is 418 g/mol. The Balaban J connectivity index is 1.76. The Hall–Kier alpha value is -3.78. The third-order valence-corrected chi connectivity index (χ3v) is 5.06. The summed E-state index contributed by atoms with van der Waals surface area (Å²) < 4.78 is 2.31. The van der Waals surface area contributed by atoms with Gasteiger partial charge in [0.25, 0.3) is 5.56 Å². The van der Waals surface area contributed by atoms with Gasteiger partial charge in [0.15, 0.2) is 5.52 Å². The number of nitrogens with one attached hydrogen (secondary N) is 1. The molecule has 0 radical (unpaired) electrons. The molecule has 3 heterocycles. The highest BCUT2D eigenvalue weighted by molar-refractivity contribution is 6.31. The number of pyridine rings is 2. The van der Waals surface area contributed by atoms with Gasteiger partial charge in [-0.2, -0.15) is 0 Å². The lowest BCUT2D eigenvalue weighted by Gasteiger charge is -2.14. The maximum atomic E-state index is 13.2. The number of aryl methyl sites for hydroxylation is 1. The number of aromatic nitrogens is 4. The van der Waals surface area contributed by atoms with Gasteiger partial charge in [0.2, 0.25) is 5.91 Å². The molecule has 4 aromatic rings. The molecule has 0 atom stereocenters. The summed E-state index contributed by atoms with van der Waals surface area (Å²) in [5.41, 5.74) is 1.34. The predicted octanol–water partition coefficient (Wildman–Crippen LogP) is 2.60. The van der Waals surface area contributed by atoms with Gasteiger partial charge in [0.05, 0.1) is 12.1 Å². The van der Waals surface area contributed by atoms with Crippen LogP contribution in [-0.2, 0) is 17.9 Å². The van der Waals surface area contributed by atoms with Gasteiger partial charge in [-0.25, -0.2) is 9.78 Å². The molecule has 0 aliphatic rings. The minimum Gasteiger partial charge on any atom is -0.324 e. The van der Waals surface area contributed by atoms with Crippen LogP contribution in [0.1, 0.15) is 11.1 Å². The molecule has 0 aliphatic carbocycles. The summed E-state index contributed by atoms with van der Waals surface area (Å²) in [7, 11) is 0. The highest BCUT2D eigenvalue weighted by atomic mass is 35.5. The molecule has 1 amide bonds. The summed E-state index contributed by atoms with van der Waals surface area (Å²) in [6.07, 6.45) is 4.66. The Morgan fingerprint density at radius 3 is 2.68 bits per heavy atom. The summed E-state index contributed by atoms with van der Waals surface area (Å²) >= 11 is 6.02. The monoisotopic (exact) mass is 435 g/mol. The van der Waals surface area contributed by atoms with Crippen LogP contribution in [0.2, 0.25) is 5.02 Å². The van der Waals surface area contributed by atoms with Gasteiger partial charge in [0.1, 0.15) is 6.54 Å². The predicted molar refractivity (Wildman–Crippen MR) is 118 cm³/mol. The van der Waals surface area contributed by atoms with Crippen LogP contribution >= 0.6 is 11.6 Å². The second-order valence-corrected chi connectivity index (χ2v) is 7.44. The van der Waals surface area contributed by atoms with Crippen molar-refractivity contribution in [1.29, 1.82) is 0 Å². The molecule has 0 fully saturated rings. The van der Waals surface area contributed by atoms with Gasteiger partial charge in [-0.05, 0) is 48.4 Å².